The van der Waals surface area contributed by atoms with E-state index in [1.54, 1.807) is 0 Å². The first kappa shape index (κ1) is 17.0. The lowest BCUT2D eigenvalue weighted by Gasteiger charge is -2.27. The molecule has 1 unspecified atom stereocenters. The van der Waals surface area contributed by atoms with Gasteiger partial charge in [0.1, 0.15) is 5.60 Å². The first-order chi connectivity index (χ1) is 10.3. The van der Waals surface area contributed by atoms with Crippen LogP contribution in [-0.2, 0) is 16.1 Å². The second kappa shape index (κ2) is 6.80. The predicted octanol–water partition coefficient (Wildman–Crippen LogP) is 2.77. The molecule has 1 aromatic carbocycles. The van der Waals surface area contributed by atoms with E-state index < -0.39 is 5.60 Å². The van der Waals surface area contributed by atoms with Gasteiger partial charge in [0.25, 0.3) is 0 Å². The number of carbonyl (C=O) groups is 1. The molecule has 4 nitrogen and oxygen atoms in total. The van der Waals surface area contributed by atoms with Crippen molar-refractivity contribution in [3.8, 4) is 0 Å². The monoisotopic (exact) mass is 304 g/mol. The maximum atomic E-state index is 12.5. The Kier molecular flexibility index (Phi) is 5.24. The minimum Gasteiger partial charge on any atom is -0.460 e. The summed E-state index contributed by atoms with van der Waals surface area (Å²) < 4.78 is 5.58. The fraction of sp³-hybridized carbons (Fsp3) is 0.611. The summed E-state index contributed by atoms with van der Waals surface area (Å²) in [6.07, 6.45) is 0.656. The number of ether oxygens (including phenoxy) is 1. The first-order valence-electron chi connectivity index (χ1n) is 8.08. The fourth-order valence-corrected chi connectivity index (χ4v) is 3.12. The van der Waals surface area contributed by atoms with Crippen LogP contribution in [0.1, 0.15) is 39.7 Å². The normalized spacial score (nSPS) is 26.1. The van der Waals surface area contributed by atoms with Crippen molar-refractivity contribution in [2.75, 3.05) is 6.54 Å². The molecule has 0 aliphatic carbocycles. The molecule has 0 aromatic heterocycles. The highest BCUT2D eigenvalue weighted by Gasteiger charge is 2.44. The predicted molar refractivity (Wildman–Crippen MR) is 87.9 cm³/mol. The molecule has 1 heterocycles. The van der Waals surface area contributed by atoms with Crippen LogP contribution in [-0.4, -0.2) is 29.2 Å². The summed E-state index contributed by atoms with van der Waals surface area (Å²) in [5.41, 5.74) is 7.13. The molecule has 1 aliphatic rings. The molecule has 1 saturated heterocycles. The van der Waals surface area contributed by atoms with Gasteiger partial charge in [0.05, 0.1) is 12.1 Å². The van der Waals surface area contributed by atoms with Crippen LogP contribution >= 0.6 is 0 Å². The Morgan fingerprint density at radius 1 is 1.32 bits per heavy atom. The second-order valence-corrected chi connectivity index (χ2v) is 7.13. The Bertz CT molecular complexity index is 496. The van der Waals surface area contributed by atoms with E-state index in [1.165, 1.54) is 5.56 Å². The topological polar surface area (TPSA) is 55.6 Å². The van der Waals surface area contributed by atoms with E-state index in [2.05, 4.69) is 24.0 Å². The molecule has 1 fully saturated rings. The van der Waals surface area contributed by atoms with Crippen molar-refractivity contribution >= 4 is 5.97 Å². The number of likely N-dealkylation sites (tertiary alicyclic amines) is 1. The molecule has 0 amide bonds. The Labute approximate surface area is 133 Å². The largest absolute Gasteiger partial charge is 0.460 e. The van der Waals surface area contributed by atoms with E-state index in [0.717, 1.165) is 19.5 Å². The maximum absolute atomic E-state index is 12.5. The van der Waals surface area contributed by atoms with Gasteiger partial charge < -0.3 is 10.5 Å². The lowest BCUT2D eigenvalue weighted by molar-refractivity contribution is -0.162. The van der Waals surface area contributed by atoms with Crippen LogP contribution in [0.5, 0.6) is 0 Å². The zero-order valence-corrected chi connectivity index (χ0v) is 14.1. The summed E-state index contributed by atoms with van der Waals surface area (Å²) in [5.74, 6) is -0.149. The molecule has 1 aromatic rings. The molecule has 2 rings (SSSR count). The number of nitrogens with two attached hydrogens (primary N) is 1. The van der Waals surface area contributed by atoms with Crippen molar-refractivity contribution in [3.05, 3.63) is 35.9 Å². The molecule has 0 saturated carbocycles. The zero-order valence-electron chi connectivity index (χ0n) is 14.1. The summed E-state index contributed by atoms with van der Waals surface area (Å²) in [6, 6.07) is 10.2. The minimum atomic E-state index is -0.470. The smallest absolute Gasteiger partial charge is 0.312 e. The molecule has 4 heteroatoms. The zero-order chi connectivity index (χ0) is 16.3. The molecule has 3 atom stereocenters. The Morgan fingerprint density at radius 2 is 1.95 bits per heavy atom. The van der Waals surface area contributed by atoms with Gasteiger partial charge in [-0.05, 0) is 32.3 Å². The van der Waals surface area contributed by atoms with Gasteiger partial charge in [0, 0.05) is 13.1 Å². The van der Waals surface area contributed by atoms with E-state index in [-0.39, 0.29) is 24.0 Å². The summed E-state index contributed by atoms with van der Waals surface area (Å²) in [6.45, 7) is 9.42. The number of rotatable bonds is 4. The molecule has 122 valence electrons. The molecular formula is C18H28N2O2. The van der Waals surface area contributed by atoms with Gasteiger partial charge in [-0.2, -0.15) is 0 Å². The molecule has 2 N–H and O–H groups in total. The Hall–Kier alpha value is -1.39. The van der Waals surface area contributed by atoms with Crippen molar-refractivity contribution in [3.63, 3.8) is 0 Å². The van der Waals surface area contributed by atoms with E-state index in [1.807, 2.05) is 39.0 Å². The minimum absolute atomic E-state index is 0.164. The summed E-state index contributed by atoms with van der Waals surface area (Å²) >= 11 is 0. The third kappa shape index (κ3) is 4.08. The Morgan fingerprint density at radius 3 is 2.50 bits per heavy atom. The highest BCUT2D eigenvalue weighted by Crippen LogP contribution is 2.32. The highest BCUT2D eigenvalue weighted by molar-refractivity contribution is 5.74. The number of hydrogen-bond donors (Lipinski definition) is 1. The summed E-state index contributed by atoms with van der Waals surface area (Å²) in [7, 11) is 0. The van der Waals surface area contributed by atoms with Crippen LogP contribution in [0, 0.1) is 11.8 Å². The first-order valence-corrected chi connectivity index (χ1v) is 8.08. The van der Waals surface area contributed by atoms with Crippen LogP contribution in [0.3, 0.4) is 0 Å². The Balaban J connectivity index is 2.09. The third-order valence-corrected chi connectivity index (χ3v) is 4.20. The van der Waals surface area contributed by atoms with E-state index in [0.29, 0.717) is 0 Å². The van der Waals surface area contributed by atoms with Crippen LogP contribution < -0.4 is 5.73 Å². The van der Waals surface area contributed by atoms with Gasteiger partial charge >= 0.3 is 5.97 Å². The van der Waals surface area contributed by atoms with Crippen LogP contribution in [0.4, 0.5) is 0 Å². The molecule has 22 heavy (non-hydrogen) atoms. The SMILES string of the molecule is CC[C@@H]1CN(Cc2ccccc2)C(N)[C@H]1C(=O)OC(C)(C)C. The third-order valence-electron chi connectivity index (χ3n) is 4.20. The average Bonchev–Trinajstić information content (AvgIpc) is 2.75. The van der Waals surface area contributed by atoms with Crippen LogP contribution in [0.15, 0.2) is 30.3 Å². The second-order valence-electron chi connectivity index (χ2n) is 7.13. The van der Waals surface area contributed by atoms with E-state index in [4.69, 9.17) is 10.5 Å². The lowest BCUT2D eigenvalue weighted by Crippen LogP contribution is -2.44. The number of nitrogens with zero attached hydrogens (tertiary/aromatic N) is 1. The average molecular weight is 304 g/mol. The molecule has 0 bridgehead atoms. The van der Waals surface area contributed by atoms with Crippen molar-refractivity contribution in [1.82, 2.24) is 4.90 Å². The maximum Gasteiger partial charge on any atom is 0.312 e. The fourth-order valence-electron chi connectivity index (χ4n) is 3.12. The van der Waals surface area contributed by atoms with Gasteiger partial charge in [-0.1, -0.05) is 43.7 Å². The molecule has 0 radical (unpaired) electrons. The van der Waals surface area contributed by atoms with Crippen molar-refractivity contribution in [2.45, 2.75) is 52.4 Å². The van der Waals surface area contributed by atoms with Crippen molar-refractivity contribution in [1.29, 1.82) is 0 Å². The molecule has 1 aliphatic heterocycles. The highest BCUT2D eigenvalue weighted by atomic mass is 16.6. The van der Waals surface area contributed by atoms with Crippen LogP contribution in [0.2, 0.25) is 0 Å². The van der Waals surface area contributed by atoms with Crippen molar-refractivity contribution < 1.29 is 9.53 Å². The summed E-state index contributed by atoms with van der Waals surface area (Å²) in [4.78, 5) is 14.7. The van der Waals surface area contributed by atoms with Gasteiger partial charge in [-0.15, -0.1) is 0 Å². The number of esters is 1. The number of hydrogen-bond acceptors (Lipinski definition) is 4. The number of carbonyl (C=O) groups excluding carboxylic acids is 1. The van der Waals surface area contributed by atoms with E-state index in [9.17, 15) is 4.79 Å². The van der Waals surface area contributed by atoms with Crippen molar-refractivity contribution in [2.24, 2.45) is 17.6 Å². The van der Waals surface area contributed by atoms with E-state index >= 15 is 0 Å². The molecular weight excluding hydrogens is 276 g/mol. The standard InChI is InChI=1S/C18H28N2O2/c1-5-14-12-20(11-13-9-7-6-8-10-13)16(19)15(14)17(21)22-18(2,3)4/h6-10,14-16H,5,11-12,19H2,1-4H3/t14-,15+,16?/m1/s1. The quantitative estimate of drug-likeness (QED) is 0.869. The number of benzene rings is 1. The molecule has 0 spiro atoms. The van der Waals surface area contributed by atoms with Gasteiger partial charge in [0.2, 0.25) is 0 Å². The summed E-state index contributed by atoms with van der Waals surface area (Å²) in [5, 5.41) is 0. The van der Waals surface area contributed by atoms with Gasteiger partial charge in [0.15, 0.2) is 0 Å². The van der Waals surface area contributed by atoms with Gasteiger partial charge in [-0.25, -0.2) is 0 Å². The van der Waals surface area contributed by atoms with Gasteiger partial charge in [-0.3, -0.25) is 9.69 Å². The lowest BCUT2D eigenvalue weighted by atomic mass is 9.92. The van der Waals surface area contributed by atoms with Crippen LogP contribution in [0.25, 0.3) is 0 Å².